The van der Waals surface area contributed by atoms with Gasteiger partial charge in [0.2, 0.25) is 11.8 Å². The number of esters is 3. The number of benzene rings is 1. The average Bonchev–Trinajstić information content (AvgIpc) is 3.18. The molecule has 190 valence electrons. The SMILES string of the molecule is C=CC(=O)OCCOC(=O)CCCC(=O)OCCOc1ccc(S(=O)(=O)N2C(=O)CCC2=O)cc1. The third-order valence-electron chi connectivity index (χ3n) is 4.50. The maximum atomic E-state index is 12.5. The minimum Gasteiger partial charge on any atom is -0.490 e. The fraction of sp³-hybridized carbons (Fsp3) is 0.409. The van der Waals surface area contributed by atoms with Gasteiger partial charge in [0.1, 0.15) is 32.2 Å². The van der Waals surface area contributed by atoms with E-state index in [0.29, 0.717) is 5.75 Å². The van der Waals surface area contributed by atoms with E-state index >= 15 is 0 Å². The molecule has 1 aliphatic heterocycles. The molecule has 0 N–H and O–H groups in total. The number of carbonyl (C=O) groups excluding carboxylic acids is 5. The van der Waals surface area contributed by atoms with E-state index in [1.807, 2.05) is 0 Å². The highest BCUT2D eigenvalue weighted by Crippen LogP contribution is 2.24. The topological polar surface area (TPSA) is 160 Å². The number of carbonyl (C=O) groups is 5. The van der Waals surface area contributed by atoms with E-state index < -0.39 is 39.7 Å². The van der Waals surface area contributed by atoms with Gasteiger partial charge in [-0.1, -0.05) is 6.58 Å². The van der Waals surface area contributed by atoms with E-state index in [9.17, 15) is 32.4 Å². The average molecular weight is 512 g/mol. The number of hydrogen-bond acceptors (Lipinski definition) is 11. The van der Waals surface area contributed by atoms with Gasteiger partial charge in [-0.25, -0.2) is 13.2 Å². The Kier molecular flexibility index (Phi) is 10.4. The second-order valence-electron chi connectivity index (χ2n) is 7.04. The van der Waals surface area contributed by atoms with Gasteiger partial charge >= 0.3 is 17.9 Å². The maximum absolute atomic E-state index is 12.5. The molecule has 2 rings (SSSR count). The summed E-state index contributed by atoms with van der Waals surface area (Å²) in [4.78, 5) is 57.2. The summed E-state index contributed by atoms with van der Waals surface area (Å²) in [6.07, 6.45) is 0.897. The van der Waals surface area contributed by atoms with Gasteiger partial charge in [-0.2, -0.15) is 4.31 Å². The molecule has 0 radical (unpaired) electrons. The Morgan fingerprint density at radius 3 is 1.91 bits per heavy atom. The molecule has 1 aliphatic rings. The summed E-state index contributed by atoms with van der Waals surface area (Å²) in [6, 6.07) is 5.11. The molecule has 0 unspecified atom stereocenters. The summed E-state index contributed by atoms with van der Waals surface area (Å²) in [5.74, 6) is -2.94. The molecule has 1 aromatic carbocycles. The molecule has 12 nitrogen and oxygen atoms in total. The number of nitrogens with zero attached hydrogens (tertiary/aromatic N) is 1. The molecule has 0 spiro atoms. The van der Waals surface area contributed by atoms with Gasteiger partial charge in [0.05, 0.1) is 4.90 Å². The first-order valence-corrected chi connectivity index (χ1v) is 12.0. The predicted molar refractivity (Wildman–Crippen MR) is 117 cm³/mol. The first kappa shape index (κ1) is 27.5. The second-order valence-corrected chi connectivity index (χ2v) is 8.83. The fourth-order valence-corrected chi connectivity index (χ4v) is 4.24. The minimum absolute atomic E-state index is 0.00754. The van der Waals surface area contributed by atoms with Crippen molar-refractivity contribution in [1.29, 1.82) is 0 Å². The van der Waals surface area contributed by atoms with Crippen molar-refractivity contribution < 1.29 is 51.3 Å². The Bertz CT molecular complexity index is 1050. The predicted octanol–water partition coefficient (Wildman–Crippen LogP) is 0.889. The molecule has 0 saturated carbocycles. The number of imide groups is 1. The molecule has 0 aromatic heterocycles. The van der Waals surface area contributed by atoms with Gasteiger partial charge in [0.25, 0.3) is 10.0 Å². The van der Waals surface area contributed by atoms with Crippen LogP contribution in [0.2, 0.25) is 0 Å². The number of sulfonamides is 1. The molecule has 1 heterocycles. The van der Waals surface area contributed by atoms with Crippen LogP contribution in [0.3, 0.4) is 0 Å². The molecule has 0 bridgehead atoms. The van der Waals surface area contributed by atoms with Crippen molar-refractivity contribution in [1.82, 2.24) is 4.31 Å². The standard InChI is InChI=1S/C22H25NO11S/c1-2-20(26)32-14-15-34-22(28)5-3-4-21(27)33-13-12-31-16-6-8-17(9-7-16)35(29,30)23-18(24)10-11-19(23)25/h2,6-9H,1,3-5,10-15H2. The van der Waals surface area contributed by atoms with Crippen molar-refractivity contribution in [2.24, 2.45) is 0 Å². The molecular weight excluding hydrogens is 486 g/mol. The molecule has 35 heavy (non-hydrogen) atoms. The highest BCUT2D eigenvalue weighted by atomic mass is 32.2. The summed E-state index contributed by atoms with van der Waals surface area (Å²) in [7, 11) is -4.26. The van der Waals surface area contributed by atoms with Gasteiger partial charge in [-0.15, -0.1) is 0 Å². The van der Waals surface area contributed by atoms with Crippen molar-refractivity contribution >= 4 is 39.7 Å². The van der Waals surface area contributed by atoms with E-state index in [2.05, 4.69) is 11.3 Å². The van der Waals surface area contributed by atoms with Crippen molar-refractivity contribution in [3.63, 3.8) is 0 Å². The van der Waals surface area contributed by atoms with Crippen molar-refractivity contribution in [3.05, 3.63) is 36.9 Å². The zero-order valence-electron chi connectivity index (χ0n) is 18.8. The van der Waals surface area contributed by atoms with Crippen LogP contribution in [0.4, 0.5) is 0 Å². The Morgan fingerprint density at radius 2 is 1.37 bits per heavy atom. The maximum Gasteiger partial charge on any atom is 0.330 e. The zero-order valence-corrected chi connectivity index (χ0v) is 19.6. The van der Waals surface area contributed by atoms with Gasteiger partial charge in [0, 0.05) is 31.8 Å². The van der Waals surface area contributed by atoms with Crippen LogP contribution < -0.4 is 4.74 Å². The number of hydrogen-bond donors (Lipinski definition) is 0. The van der Waals surface area contributed by atoms with E-state index in [1.165, 1.54) is 24.3 Å². The quantitative estimate of drug-likeness (QED) is 0.115. The lowest BCUT2D eigenvalue weighted by Gasteiger charge is -2.14. The number of ether oxygens (including phenoxy) is 4. The minimum atomic E-state index is -4.26. The molecule has 1 aromatic rings. The molecule has 1 fully saturated rings. The Balaban J connectivity index is 1.62. The summed E-state index contributed by atoms with van der Waals surface area (Å²) in [6.45, 7) is 2.96. The lowest BCUT2D eigenvalue weighted by Crippen LogP contribution is -2.35. The second kappa shape index (κ2) is 13.2. The summed E-state index contributed by atoms with van der Waals surface area (Å²) in [5, 5.41) is 0. The van der Waals surface area contributed by atoms with Gasteiger partial charge in [-0.3, -0.25) is 19.2 Å². The van der Waals surface area contributed by atoms with Crippen LogP contribution in [0.15, 0.2) is 41.8 Å². The monoisotopic (exact) mass is 511 g/mol. The molecule has 0 atom stereocenters. The molecule has 13 heteroatoms. The lowest BCUT2D eigenvalue weighted by atomic mass is 10.2. The van der Waals surface area contributed by atoms with Gasteiger partial charge < -0.3 is 18.9 Å². The van der Waals surface area contributed by atoms with E-state index in [1.54, 1.807) is 0 Å². The third kappa shape index (κ3) is 8.52. The number of rotatable bonds is 14. The first-order valence-electron chi connectivity index (χ1n) is 10.6. The van der Waals surface area contributed by atoms with Gasteiger partial charge in [-0.05, 0) is 30.7 Å². The van der Waals surface area contributed by atoms with Crippen LogP contribution in [0.25, 0.3) is 0 Å². The Labute approximate surface area is 201 Å². The normalized spacial score (nSPS) is 13.3. The summed E-state index contributed by atoms with van der Waals surface area (Å²) in [5.41, 5.74) is 0. The summed E-state index contributed by atoms with van der Waals surface area (Å²) < 4.78 is 45.1. The van der Waals surface area contributed by atoms with Gasteiger partial charge in [0.15, 0.2) is 0 Å². The highest BCUT2D eigenvalue weighted by Gasteiger charge is 2.39. The molecule has 1 saturated heterocycles. The van der Waals surface area contributed by atoms with Crippen LogP contribution in [0, 0.1) is 0 Å². The van der Waals surface area contributed by atoms with Crippen molar-refractivity contribution in [2.75, 3.05) is 26.4 Å². The van der Waals surface area contributed by atoms with Crippen molar-refractivity contribution in [2.45, 2.75) is 37.0 Å². The molecule has 2 amide bonds. The van der Waals surface area contributed by atoms with Crippen LogP contribution in [0.5, 0.6) is 5.75 Å². The fourth-order valence-electron chi connectivity index (χ4n) is 2.83. The Morgan fingerprint density at radius 1 is 0.857 bits per heavy atom. The Hall–Kier alpha value is -3.74. The third-order valence-corrected chi connectivity index (χ3v) is 6.26. The van der Waals surface area contributed by atoms with E-state index in [-0.39, 0.29) is 67.7 Å². The van der Waals surface area contributed by atoms with Crippen LogP contribution >= 0.6 is 0 Å². The molecular formula is C22H25NO11S. The van der Waals surface area contributed by atoms with Crippen LogP contribution in [0.1, 0.15) is 32.1 Å². The van der Waals surface area contributed by atoms with Crippen LogP contribution in [-0.2, 0) is 48.2 Å². The largest absolute Gasteiger partial charge is 0.490 e. The van der Waals surface area contributed by atoms with E-state index in [4.69, 9.17) is 14.2 Å². The van der Waals surface area contributed by atoms with E-state index in [0.717, 1.165) is 6.08 Å². The smallest absolute Gasteiger partial charge is 0.330 e. The molecule has 0 aliphatic carbocycles. The zero-order chi connectivity index (χ0) is 25.8. The van der Waals surface area contributed by atoms with Crippen LogP contribution in [-0.4, -0.2) is 68.9 Å². The summed E-state index contributed by atoms with van der Waals surface area (Å²) >= 11 is 0. The number of amides is 2. The van der Waals surface area contributed by atoms with Crippen molar-refractivity contribution in [3.8, 4) is 5.75 Å². The first-order chi connectivity index (χ1) is 16.6. The lowest BCUT2D eigenvalue weighted by molar-refractivity contribution is -0.150. The highest BCUT2D eigenvalue weighted by molar-refractivity contribution is 7.90.